The number of nitrogens with zero attached hydrogens (tertiary/aromatic N) is 4. The number of benzene rings is 1. The lowest BCUT2D eigenvalue weighted by molar-refractivity contribution is 0.223. The molecule has 0 radical (unpaired) electrons. The van der Waals surface area contributed by atoms with Gasteiger partial charge in [-0.25, -0.2) is 4.98 Å². The first-order valence-corrected chi connectivity index (χ1v) is 14.6. The first-order chi connectivity index (χ1) is 16.8. The number of aromatic nitrogens is 2. The quantitative estimate of drug-likeness (QED) is 0.249. The number of fused-ring (bicyclic) bond motifs is 1. The molecule has 0 N–H and O–H groups in total. The number of aryl methyl sites for hydroxylation is 1. The van der Waals surface area contributed by atoms with Crippen LogP contribution in [0.15, 0.2) is 35.7 Å². The second-order valence-corrected chi connectivity index (χ2v) is 11.0. The molecule has 2 aromatic heterocycles. The second kappa shape index (κ2) is 13.4. The van der Waals surface area contributed by atoms with Crippen molar-refractivity contribution < 1.29 is 0 Å². The maximum absolute atomic E-state index is 5.11. The van der Waals surface area contributed by atoms with Crippen LogP contribution in [0.5, 0.6) is 0 Å². The molecule has 4 nitrogen and oxygen atoms in total. The molecule has 1 aromatic carbocycles. The standard InChI is InChI=1S/C29H44N4S/c1-3-5-15-32(16-6-4-2)24-25-13-14-27-28(22-25)33(20-11-19-31-17-8-7-9-18-31)29(30-27)23-26-12-10-21-34-26/h10,12-14,21-22H,3-9,11,15-20,23-24H2,1-2H3. The molecule has 3 heterocycles. The monoisotopic (exact) mass is 480 g/mol. The Morgan fingerprint density at radius 3 is 2.44 bits per heavy atom. The average molecular weight is 481 g/mol. The van der Waals surface area contributed by atoms with Crippen LogP contribution in [0.1, 0.15) is 81.5 Å². The molecule has 1 aliphatic heterocycles. The van der Waals surface area contributed by atoms with Crippen molar-refractivity contribution in [3.8, 4) is 0 Å². The van der Waals surface area contributed by atoms with Crippen LogP contribution < -0.4 is 0 Å². The lowest BCUT2D eigenvalue weighted by Crippen LogP contribution is -2.31. The molecule has 1 aliphatic rings. The lowest BCUT2D eigenvalue weighted by atomic mass is 10.1. The van der Waals surface area contributed by atoms with Crippen molar-refractivity contribution >= 4 is 22.4 Å². The highest BCUT2D eigenvalue weighted by Gasteiger charge is 2.15. The summed E-state index contributed by atoms with van der Waals surface area (Å²) in [7, 11) is 0. The van der Waals surface area contributed by atoms with E-state index >= 15 is 0 Å². The van der Waals surface area contributed by atoms with Gasteiger partial charge in [-0.3, -0.25) is 4.90 Å². The molecule has 0 spiro atoms. The summed E-state index contributed by atoms with van der Waals surface area (Å²) in [5.41, 5.74) is 3.91. The summed E-state index contributed by atoms with van der Waals surface area (Å²) in [6.07, 6.45) is 11.4. The first kappa shape index (κ1) is 25.4. The van der Waals surface area contributed by atoms with Gasteiger partial charge in [-0.05, 0) is 94.0 Å². The largest absolute Gasteiger partial charge is 0.328 e. The van der Waals surface area contributed by atoms with Crippen molar-refractivity contribution in [2.45, 2.75) is 84.7 Å². The summed E-state index contributed by atoms with van der Waals surface area (Å²) >= 11 is 1.84. The van der Waals surface area contributed by atoms with Gasteiger partial charge in [-0.2, -0.15) is 0 Å². The summed E-state index contributed by atoms with van der Waals surface area (Å²) in [5.74, 6) is 1.22. The number of imidazole rings is 1. The van der Waals surface area contributed by atoms with Crippen LogP contribution in [0.2, 0.25) is 0 Å². The minimum atomic E-state index is 0.935. The van der Waals surface area contributed by atoms with Crippen molar-refractivity contribution in [3.63, 3.8) is 0 Å². The van der Waals surface area contributed by atoms with E-state index in [1.807, 2.05) is 11.3 Å². The van der Waals surface area contributed by atoms with Crippen molar-refractivity contribution in [3.05, 3.63) is 52.0 Å². The highest BCUT2D eigenvalue weighted by atomic mass is 32.1. The van der Waals surface area contributed by atoms with Crippen LogP contribution in [0.25, 0.3) is 11.0 Å². The Kier molecular flexibility index (Phi) is 10.0. The minimum absolute atomic E-state index is 0.935. The van der Waals surface area contributed by atoms with Crippen LogP contribution in [0.3, 0.4) is 0 Å². The second-order valence-electron chi connectivity index (χ2n) is 10.00. The van der Waals surface area contributed by atoms with E-state index in [1.54, 1.807) is 0 Å². The van der Waals surface area contributed by atoms with Crippen LogP contribution >= 0.6 is 11.3 Å². The number of rotatable bonds is 14. The highest BCUT2D eigenvalue weighted by Crippen LogP contribution is 2.23. The van der Waals surface area contributed by atoms with Crippen molar-refractivity contribution in [1.29, 1.82) is 0 Å². The van der Waals surface area contributed by atoms with Gasteiger partial charge in [0.15, 0.2) is 0 Å². The molecule has 0 atom stereocenters. The molecule has 0 unspecified atom stereocenters. The minimum Gasteiger partial charge on any atom is -0.328 e. The maximum atomic E-state index is 5.11. The predicted octanol–water partition coefficient (Wildman–Crippen LogP) is 6.97. The van der Waals surface area contributed by atoms with Gasteiger partial charge in [0.2, 0.25) is 0 Å². The number of hydrogen-bond acceptors (Lipinski definition) is 4. The molecule has 0 aliphatic carbocycles. The zero-order chi connectivity index (χ0) is 23.6. The summed E-state index contributed by atoms with van der Waals surface area (Å²) in [6, 6.07) is 11.4. The molecular weight excluding hydrogens is 436 g/mol. The van der Waals surface area contributed by atoms with E-state index in [0.717, 1.165) is 25.0 Å². The van der Waals surface area contributed by atoms with Crippen LogP contribution in [-0.2, 0) is 19.5 Å². The molecule has 1 saturated heterocycles. The van der Waals surface area contributed by atoms with E-state index in [0.29, 0.717) is 0 Å². The van der Waals surface area contributed by atoms with E-state index in [2.05, 4.69) is 63.9 Å². The van der Waals surface area contributed by atoms with Crippen LogP contribution in [-0.4, -0.2) is 52.1 Å². The first-order valence-electron chi connectivity index (χ1n) is 13.7. The van der Waals surface area contributed by atoms with E-state index in [-0.39, 0.29) is 0 Å². The van der Waals surface area contributed by atoms with Gasteiger partial charge < -0.3 is 9.47 Å². The van der Waals surface area contributed by atoms with Gasteiger partial charge in [-0.1, -0.05) is 45.2 Å². The lowest BCUT2D eigenvalue weighted by Gasteiger charge is -2.26. The van der Waals surface area contributed by atoms with Crippen molar-refractivity contribution in [2.75, 3.05) is 32.7 Å². The van der Waals surface area contributed by atoms with Gasteiger partial charge >= 0.3 is 0 Å². The Hall–Kier alpha value is -1.69. The molecule has 5 heteroatoms. The van der Waals surface area contributed by atoms with Crippen LogP contribution in [0.4, 0.5) is 0 Å². The summed E-state index contributed by atoms with van der Waals surface area (Å²) in [4.78, 5) is 11.8. The molecule has 0 amide bonds. The summed E-state index contributed by atoms with van der Waals surface area (Å²) in [6.45, 7) is 12.9. The Morgan fingerprint density at radius 1 is 0.941 bits per heavy atom. The fourth-order valence-corrected chi connectivity index (χ4v) is 5.90. The van der Waals surface area contributed by atoms with E-state index in [1.165, 1.54) is 106 Å². The Balaban J connectivity index is 1.53. The van der Waals surface area contributed by atoms with E-state index in [9.17, 15) is 0 Å². The maximum Gasteiger partial charge on any atom is 0.115 e. The Morgan fingerprint density at radius 2 is 1.74 bits per heavy atom. The van der Waals surface area contributed by atoms with Crippen molar-refractivity contribution in [1.82, 2.24) is 19.4 Å². The molecule has 3 aromatic rings. The van der Waals surface area contributed by atoms with Gasteiger partial charge in [-0.15, -0.1) is 11.3 Å². The summed E-state index contributed by atoms with van der Waals surface area (Å²) in [5, 5.41) is 2.18. The average Bonchev–Trinajstić information content (AvgIpc) is 3.49. The molecule has 4 rings (SSSR count). The molecule has 186 valence electrons. The zero-order valence-electron chi connectivity index (χ0n) is 21.5. The number of piperidine rings is 1. The number of hydrogen-bond donors (Lipinski definition) is 0. The third-order valence-electron chi connectivity index (χ3n) is 7.17. The fraction of sp³-hybridized carbons (Fsp3) is 0.621. The third kappa shape index (κ3) is 7.16. The van der Waals surface area contributed by atoms with Gasteiger partial charge in [0.05, 0.1) is 11.0 Å². The highest BCUT2D eigenvalue weighted by molar-refractivity contribution is 7.09. The third-order valence-corrected chi connectivity index (χ3v) is 8.05. The smallest absolute Gasteiger partial charge is 0.115 e. The van der Waals surface area contributed by atoms with E-state index < -0.39 is 0 Å². The molecule has 1 fully saturated rings. The fourth-order valence-electron chi connectivity index (χ4n) is 5.20. The number of unbranched alkanes of at least 4 members (excludes halogenated alkanes) is 2. The van der Waals surface area contributed by atoms with Crippen molar-refractivity contribution in [2.24, 2.45) is 0 Å². The number of likely N-dealkylation sites (tertiary alicyclic amines) is 1. The molecule has 0 saturated carbocycles. The van der Waals surface area contributed by atoms with E-state index in [4.69, 9.17) is 4.98 Å². The van der Waals surface area contributed by atoms with Gasteiger partial charge in [0, 0.05) is 24.4 Å². The number of thiophene rings is 1. The van der Waals surface area contributed by atoms with Gasteiger partial charge in [0.1, 0.15) is 5.82 Å². The molecule has 34 heavy (non-hydrogen) atoms. The van der Waals surface area contributed by atoms with Crippen LogP contribution in [0, 0.1) is 0 Å². The molecular formula is C29H44N4S. The zero-order valence-corrected chi connectivity index (χ0v) is 22.3. The molecule has 0 bridgehead atoms. The topological polar surface area (TPSA) is 24.3 Å². The Labute approximate surface area is 211 Å². The Bertz CT molecular complexity index is 964. The van der Waals surface area contributed by atoms with Gasteiger partial charge in [0.25, 0.3) is 0 Å². The predicted molar refractivity (Wildman–Crippen MR) is 147 cm³/mol. The summed E-state index contributed by atoms with van der Waals surface area (Å²) < 4.78 is 2.53. The SMILES string of the molecule is CCCCN(CCCC)Cc1ccc2nc(Cc3cccs3)n(CCCN3CCCCC3)c2c1. The normalized spacial score (nSPS) is 15.0.